The first-order valence-electron chi connectivity index (χ1n) is 7.15. The minimum atomic E-state index is -3.31. The Kier molecular flexibility index (Phi) is 5.38. The van der Waals surface area contributed by atoms with Gasteiger partial charge in [0, 0.05) is 18.8 Å². The van der Waals surface area contributed by atoms with Crippen LogP contribution >= 0.6 is 0 Å². The van der Waals surface area contributed by atoms with E-state index < -0.39 is 16.1 Å². The number of carbonyl (C=O) groups excluding carboxylic acids is 1. The van der Waals surface area contributed by atoms with Gasteiger partial charge < -0.3 is 15.4 Å². The molecule has 0 bridgehead atoms. The van der Waals surface area contributed by atoms with Gasteiger partial charge in [0.25, 0.3) is 5.91 Å². The number of morpholine rings is 1. The molecule has 2 rings (SSSR count). The summed E-state index contributed by atoms with van der Waals surface area (Å²) in [4.78, 5) is 12.1. The average molecular weight is 327 g/mol. The first-order valence-corrected chi connectivity index (χ1v) is 8.81. The maximum Gasteiger partial charge on any atom is 0.254 e. The van der Waals surface area contributed by atoms with Crippen LogP contribution < -0.4 is 15.4 Å². The second kappa shape index (κ2) is 7.08. The molecule has 0 aliphatic carbocycles. The lowest BCUT2D eigenvalue weighted by molar-refractivity contribution is -0.128. The molecule has 0 radical (unpaired) electrons. The van der Waals surface area contributed by atoms with Gasteiger partial charge in [0.05, 0.1) is 18.0 Å². The van der Waals surface area contributed by atoms with E-state index >= 15 is 0 Å². The standard InChI is InChI=1S/C14H21N3O4S/c1-3-22(19,20)17-12-5-4-11(8-10(12)2)16-14(18)13-9-15-6-7-21-13/h4-5,8,13,15,17H,3,6-7,9H2,1-2H3,(H,16,18). The molecule has 1 atom stereocenters. The zero-order valence-corrected chi connectivity index (χ0v) is 13.5. The van der Waals surface area contributed by atoms with Gasteiger partial charge in [-0.3, -0.25) is 9.52 Å². The maximum absolute atomic E-state index is 12.1. The minimum Gasteiger partial charge on any atom is -0.366 e. The van der Waals surface area contributed by atoms with Crippen molar-refractivity contribution in [2.75, 3.05) is 35.5 Å². The smallest absolute Gasteiger partial charge is 0.254 e. The number of aryl methyl sites for hydroxylation is 1. The summed E-state index contributed by atoms with van der Waals surface area (Å²) in [5.41, 5.74) is 1.85. The van der Waals surface area contributed by atoms with Crippen molar-refractivity contribution in [3.63, 3.8) is 0 Å². The number of carbonyl (C=O) groups is 1. The molecule has 1 amide bonds. The number of ether oxygens (including phenoxy) is 1. The van der Waals surface area contributed by atoms with E-state index in [1.54, 1.807) is 32.0 Å². The third kappa shape index (κ3) is 4.43. The normalized spacial score (nSPS) is 18.7. The molecule has 122 valence electrons. The van der Waals surface area contributed by atoms with Gasteiger partial charge in [0.15, 0.2) is 0 Å². The van der Waals surface area contributed by atoms with Crippen molar-refractivity contribution >= 4 is 27.3 Å². The molecule has 7 nitrogen and oxygen atoms in total. The second-order valence-electron chi connectivity index (χ2n) is 5.09. The number of benzene rings is 1. The number of sulfonamides is 1. The average Bonchev–Trinajstić information content (AvgIpc) is 2.51. The molecule has 0 spiro atoms. The van der Waals surface area contributed by atoms with E-state index in [2.05, 4.69) is 15.4 Å². The van der Waals surface area contributed by atoms with Crippen LogP contribution in [0.15, 0.2) is 18.2 Å². The molecule has 1 aromatic carbocycles. The SMILES string of the molecule is CCS(=O)(=O)Nc1ccc(NC(=O)C2CNCCO2)cc1C. The number of hydrogen-bond donors (Lipinski definition) is 3. The van der Waals surface area contributed by atoms with Crippen LogP contribution in [0.5, 0.6) is 0 Å². The molecular weight excluding hydrogens is 306 g/mol. The summed E-state index contributed by atoms with van der Waals surface area (Å²) in [6.45, 7) is 5.09. The molecule has 0 aromatic heterocycles. The highest BCUT2D eigenvalue weighted by Gasteiger charge is 2.21. The molecule has 22 heavy (non-hydrogen) atoms. The lowest BCUT2D eigenvalue weighted by atomic mass is 10.2. The fourth-order valence-electron chi connectivity index (χ4n) is 2.05. The van der Waals surface area contributed by atoms with Crippen molar-refractivity contribution in [1.29, 1.82) is 0 Å². The Labute approximate surface area is 130 Å². The monoisotopic (exact) mass is 327 g/mol. The van der Waals surface area contributed by atoms with Gasteiger partial charge in [-0.25, -0.2) is 8.42 Å². The Morgan fingerprint density at radius 1 is 1.45 bits per heavy atom. The quantitative estimate of drug-likeness (QED) is 0.739. The summed E-state index contributed by atoms with van der Waals surface area (Å²) in [6, 6.07) is 5.02. The van der Waals surface area contributed by atoms with Gasteiger partial charge in [0.1, 0.15) is 6.10 Å². The summed E-state index contributed by atoms with van der Waals surface area (Å²) >= 11 is 0. The number of amides is 1. The molecule has 1 aliphatic rings. The van der Waals surface area contributed by atoms with Crippen LogP contribution in [-0.2, 0) is 19.6 Å². The number of hydrogen-bond acceptors (Lipinski definition) is 5. The van der Waals surface area contributed by atoms with Crippen molar-refractivity contribution < 1.29 is 17.9 Å². The van der Waals surface area contributed by atoms with Crippen LogP contribution in [-0.4, -0.2) is 45.9 Å². The Hall–Kier alpha value is -1.64. The fourth-order valence-corrected chi connectivity index (χ4v) is 2.76. The predicted molar refractivity (Wildman–Crippen MR) is 85.5 cm³/mol. The summed E-state index contributed by atoms with van der Waals surface area (Å²) in [5.74, 6) is -0.204. The summed E-state index contributed by atoms with van der Waals surface area (Å²) in [7, 11) is -3.31. The van der Waals surface area contributed by atoms with Gasteiger partial charge >= 0.3 is 0 Å². The molecule has 3 N–H and O–H groups in total. The van der Waals surface area contributed by atoms with Gasteiger partial charge in [0.2, 0.25) is 10.0 Å². The third-order valence-corrected chi connectivity index (χ3v) is 4.65. The van der Waals surface area contributed by atoms with E-state index in [0.29, 0.717) is 24.5 Å². The van der Waals surface area contributed by atoms with Crippen molar-refractivity contribution in [3.05, 3.63) is 23.8 Å². The Morgan fingerprint density at radius 3 is 2.82 bits per heavy atom. The van der Waals surface area contributed by atoms with Crippen LogP contribution in [0.4, 0.5) is 11.4 Å². The molecule has 1 saturated heterocycles. The fraction of sp³-hybridized carbons (Fsp3) is 0.500. The van der Waals surface area contributed by atoms with Gasteiger partial charge in [-0.2, -0.15) is 0 Å². The number of anilines is 2. The molecule has 1 unspecified atom stereocenters. The van der Waals surface area contributed by atoms with Crippen LogP contribution in [0.1, 0.15) is 12.5 Å². The highest BCUT2D eigenvalue weighted by Crippen LogP contribution is 2.21. The van der Waals surface area contributed by atoms with E-state index in [1.807, 2.05) is 0 Å². The predicted octanol–water partition coefficient (Wildman–Crippen LogP) is 0.684. The Morgan fingerprint density at radius 2 is 2.23 bits per heavy atom. The van der Waals surface area contributed by atoms with Crippen LogP contribution in [0, 0.1) is 6.92 Å². The van der Waals surface area contributed by atoms with E-state index in [0.717, 1.165) is 12.1 Å². The van der Waals surface area contributed by atoms with Crippen molar-refractivity contribution in [1.82, 2.24) is 5.32 Å². The van der Waals surface area contributed by atoms with Crippen LogP contribution in [0.2, 0.25) is 0 Å². The summed E-state index contributed by atoms with van der Waals surface area (Å²) < 4.78 is 31.1. The first-order chi connectivity index (χ1) is 10.4. The summed E-state index contributed by atoms with van der Waals surface area (Å²) in [5, 5.41) is 5.87. The molecule has 1 heterocycles. The number of nitrogens with one attached hydrogen (secondary N) is 3. The van der Waals surface area contributed by atoms with Crippen LogP contribution in [0.25, 0.3) is 0 Å². The van der Waals surface area contributed by atoms with Crippen molar-refractivity contribution in [2.45, 2.75) is 20.0 Å². The zero-order valence-electron chi connectivity index (χ0n) is 12.7. The molecule has 1 aliphatic heterocycles. The molecule has 0 saturated carbocycles. The first kappa shape index (κ1) is 16.7. The van der Waals surface area contributed by atoms with Gasteiger partial charge in [-0.15, -0.1) is 0 Å². The zero-order chi connectivity index (χ0) is 16.2. The van der Waals surface area contributed by atoms with Crippen molar-refractivity contribution in [3.8, 4) is 0 Å². The molecular formula is C14H21N3O4S. The lowest BCUT2D eigenvalue weighted by Gasteiger charge is -2.22. The van der Waals surface area contributed by atoms with E-state index in [4.69, 9.17) is 4.74 Å². The Bertz CT molecular complexity index is 639. The second-order valence-corrected chi connectivity index (χ2v) is 7.10. The number of rotatable bonds is 5. The third-order valence-electron chi connectivity index (χ3n) is 3.36. The van der Waals surface area contributed by atoms with Gasteiger partial charge in [-0.05, 0) is 37.6 Å². The Balaban J connectivity index is 2.04. The minimum absolute atomic E-state index is 0.0109. The highest BCUT2D eigenvalue weighted by molar-refractivity contribution is 7.92. The van der Waals surface area contributed by atoms with E-state index in [-0.39, 0.29) is 11.7 Å². The molecule has 1 aromatic rings. The van der Waals surface area contributed by atoms with Gasteiger partial charge in [-0.1, -0.05) is 0 Å². The highest BCUT2D eigenvalue weighted by atomic mass is 32.2. The molecule has 8 heteroatoms. The largest absolute Gasteiger partial charge is 0.366 e. The van der Waals surface area contributed by atoms with E-state index in [9.17, 15) is 13.2 Å². The maximum atomic E-state index is 12.1. The van der Waals surface area contributed by atoms with Crippen LogP contribution in [0.3, 0.4) is 0 Å². The molecule has 1 fully saturated rings. The van der Waals surface area contributed by atoms with E-state index in [1.165, 1.54) is 0 Å². The lowest BCUT2D eigenvalue weighted by Crippen LogP contribution is -2.45. The van der Waals surface area contributed by atoms with Crippen molar-refractivity contribution in [2.24, 2.45) is 0 Å². The topological polar surface area (TPSA) is 96.5 Å². The summed E-state index contributed by atoms with van der Waals surface area (Å²) in [6.07, 6.45) is -0.507.